The normalized spacial score (nSPS) is 18.2. The van der Waals surface area contributed by atoms with Crippen molar-refractivity contribution in [2.75, 3.05) is 49.1 Å². The van der Waals surface area contributed by atoms with E-state index in [2.05, 4.69) is 15.1 Å². The number of hydrogen-bond acceptors (Lipinski definition) is 8. The number of benzene rings is 1. The largest absolute Gasteiger partial charge is 0.355 e. The van der Waals surface area contributed by atoms with Gasteiger partial charge in [-0.1, -0.05) is 6.07 Å². The maximum Gasteiger partial charge on any atom is 0.270 e. The maximum absolute atomic E-state index is 13.1. The van der Waals surface area contributed by atoms with Crippen LogP contribution in [-0.2, 0) is 10.0 Å². The Morgan fingerprint density at radius 3 is 2.00 bits per heavy atom. The lowest BCUT2D eigenvalue weighted by molar-refractivity contribution is -0.385. The third kappa shape index (κ3) is 4.47. The van der Waals surface area contributed by atoms with Gasteiger partial charge in [-0.3, -0.25) is 10.1 Å². The van der Waals surface area contributed by atoms with E-state index < -0.39 is 14.9 Å². The molecule has 0 atom stereocenters. The first-order valence-corrected chi connectivity index (χ1v) is 11.9. The molecule has 11 heteroatoms. The van der Waals surface area contributed by atoms with Crippen LogP contribution in [0.25, 0.3) is 0 Å². The van der Waals surface area contributed by atoms with Gasteiger partial charge in [0.2, 0.25) is 10.0 Å². The van der Waals surface area contributed by atoms with Crippen molar-refractivity contribution in [3.63, 3.8) is 0 Å². The molecular weight excluding hydrogens is 420 g/mol. The van der Waals surface area contributed by atoms with E-state index in [9.17, 15) is 18.5 Å². The van der Waals surface area contributed by atoms with Gasteiger partial charge in [-0.2, -0.15) is 4.31 Å². The molecule has 0 saturated carbocycles. The molecule has 2 aromatic rings. The van der Waals surface area contributed by atoms with Crippen molar-refractivity contribution in [1.29, 1.82) is 0 Å². The predicted molar refractivity (Wildman–Crippen MR) is 117 cm³/mol. The number of piperidine rings is 1. The van der Waals surface area contributed by atoms with Gasteiger partial charge in [0.25, 0.3) is 5.69 Å². The topological polar surface area (TPSA) is 113 Å². The SMILES string of the molecule is Cc1ccc([N+](=O)[O-])cc1S(=O)(=O)N1CCN(c2ccc(N3CCCCC3)nn2)CC1. The molecule has 2 fully saturated rings. The van der Waals surface area contributed by atoms with Crippen LogP contribution in [0, 0.1) is 17.0 Å². The van der Waals surface area contributed by atoms with Crippen molar-refractivity contribution in [3.05, 3.63) is 46.0 Å². The molecule has 166 valence electrons. The Morgan fingerprint density at radius 1 is 0.871 bits per heavy atom. The van der Waals surface area contributed by atoms with E-state index in [1.807, 2.05) is 17.0 Å². The molecule has 4 rings (SSSR count). The smallest absolute Gasteiger partial charge is 0.270 e. The summed E-state index contributed by atoms with van der Waals surface area (Å²) in [6.45, 7) is 5.16. The van der Waals surface area contributed by atoms with E-state index in [0.717, 1.165) is 30.8 Å². The molecule has 2 aliphatic heterocycles. The molecule has 1 aromatic carbocycles. The zero-order chi connectivity index (χ0) is 22.0. The van der Waals surface area contributed by atoms with Crippen LogP contribution in [0.4, 0.5) is 17.3 Å². The second-order valence-electron chi connectivity index (χ2n) is 7.90. The first-order valence-electron chi connectivity index (χ1n) is 10.4. The molecule has 1 aromatic heterocycles. The monoisotopic (exact) mass is 446 g/mol. The number of aryl methyl sites for hydroxylation is 1. The van der Waals surface area contributed by atoms with Crippen LogP contribution >= 0.6 is 0 Å². The summed E-state index contributed by atoms with van der Waals surface area (Å²) in [5.41, 5.74) is 0.263. The number of non-ortho nitro benzene ring substituents is 1. The van der Waals surface area contributed by atoms with E-state index in [4.69, 9.17) is 0 Å². The van der Waals surface area contributed by atoms with Gasteiger partial charge < -0.3 is 9.80 Å². The standard InChI is InChI=1S/C20H26N6O4S/c1-16-5-6-17(26(27)28)15-18(16)31(29,30)25-13-11-24(12-14-25)20-8-7-19(21-22-20)23-9-3-2-4-10-23/h5-8,15H,2-4,9-14H2,1H3. The summed E-state index contributed by atoms with van der Waals surface area (Å²) in [6, 6.07) is 7.84. The Bertz CT molecular complexity index is 1050. The molecule has 0 bridgehead atoms. The highest BCUT2D eigenvalue weighted by atomic mass is 32.2. The number of aromatic nitrogens is 2. The summed E-state index contributed by atoms with van der Waals surface area (Å²) < 4.78 is 27.6. The Hall–Kier alpha value is -2.79. The minimum absolute atomic E-state index is 0.0131. The second-order valence-corrected chi connectivity index (χ2v) is 9.80. The van der Waals surface area contributed by atoms with Crippen molar-refractivity contribution in [3.8, 4) is 0 Å². The third-order valence-corrected chi connectivity index (χ3v) is 7.92. The van der Waals surface area contributed by atoms with E-state index in [1.54, 1.807) is 6.92 Å². The van der Waals surface area contributed by atoms with Gasteiger partial charge in [-0.15, -0.1) is 10.2 Å². The molecule has 0 spiro atoms. The van der Waals surface area contributed by atoms with Crippen LogP contribution in [0.1, 0.15) is 24.8 Å². The van der Waals surface area contributed by atoms with Crippen molar-refractivity contribution < 1.29 is 13.3 Å². The summed E-state index contributed by atoms with van der Waals surface area (Å²) in [5.74, 6) is 1.61. The zero-order valence-corrected chi connectivity index (χ0v) is 18.3. The number of hydrogen-bond donors (Lipinski definition) is 0. The molecule has 3 heterocycles. The number of nitrogens with zero attached hydrogens (tertiary/aromatic N) is 6. The molecule has 0 radical (unpaired) electrons. The quantitative estimate of drug-likeness (QED) is 0.507. The lowest BCUT2D eigenvalue weighted by Gasteiger charge is -2.35. The van der Waals surface area contributed by atoms with Gasteiger partial charge in [-0.05, 0) is 43.9 Å². The Morgan fingerprint density at radius 2 is 1.45 bits per heavy atom. The molecular formula is C20H26N6O4S. The highest BCUT2D eigenvalue weighted by Crippen LogP contribution is 2.26. The Kier molecular flexibility index (Phi) is 6.05. The van der Waals surface area contributed by atoms with Crippen molar-refractivity contribution in [1.82, 2.24) is 14.5 Å². The van der Waals surface area contributed by atoms with E-state index in [0.29, 0.717) is 18.7 Å². The van der Waals surface area contributed by atoms with E-state index in [-0.39, 0.29) is 23.7 Å². The Balaban J connectivity index is 1.43. The summed E-state index contributed by atoms with van der Waals surface area (Å²) in [4.78, 5) is 14.7. The van der Waals surface area contributed by atoms with Crippen LogP contribution in [0.5, 0.6) is 0 Å². The van der Waals surface area contributed by atoms with E-state index >= 15 is 0 Å². The summed E-state index contributed by atoms with van der Waals surface area (Å²) in [7, 11) is -3.82. The summed E-state index contributed by atoms with van der Waals surface area (Å²) in [6.07, 6.45) is 3.60. The van der Waals surface area contributed by atoms with Crippen molar-refractivity contribution in [2.45, 2.75) is 31.1 Å². The molecule has 0 amide bonds. The van der Waals surface area contributed by atoms with Gasteiger partial charge in [0.1, 0.15) is 0 Å². The summed E-state index contributed by atoms with van der Waals surface area (Å²) >= 11 is 0. The molecule has 0 N–H and O–H groups in total. The van der Waals surface area contributed by atoms with Gasteiger partial charge in [-0.25, -0.2) is 8.42 Å². The number of nitro benzene ring substituents is 1. The Labute approximate surface area is 181 Å². The lowest BCUT2D eigenvalue weighted by Crippen LogP contribution is -2.49. The van der Waals surface area contributed by atoms with Crippen LogP contribution < -0.4 is 9.80 Å². The fourth-order valence-electron chi connectivity index (χ4n) is 4.06. The van der Waals surface area contributed by atoms with Crippen molar-refractivity contribution in [2.24, 2.45) is 0 Å². The fraction of sp³-hybridized carbons (Fsp3) is 0.500. The van der Waals surface area contributed by atoms with Crippen LogP contribution in [0.2, 0.25) is 0 Å². The zero-order valence-electron chi connectivity index (χ0n) is 17.5. The highest BCUT2D eigenvalue weighted by molar-refractivity contribution is 7.89. The van der Waals surface area contributed by atoms with Gasteiger partial charge in [0.15, 0.2) is 11.6 Å². The molecule has 2 saturated heterocycles. The van der Waals surface area contributed by atoms with Gasteiger partial charge >= 0.3 is 0 Å². The molecule has 31 heavy (non-hydrogen) atoms. The average Bonchev–Trinajstić information content (AvgIpc) is 2.80. The number of anilines is 2. The minimum Gasteiger partial charge on any atom is -0.355 e. The maximum atomic E-state index is 13.1. The fourth-order valence-corrected chi connectivity index (χ4v) is 5.72. The molecule has 0 unspecified atom stereocenters. The van der Waals surface area contributed by atoms with Gasteiger partial charge in [0.05, 0.1) is 9.82 Å². The van der Waals surface area contributed by atoms with Crippen LogP contribution in [0.15, 0.2) is 35.2 Å². The van der Waals surface area contributed by atoms with Gasteiger partial charge in [0, 0.05) is 51.4 Å². The van der Waals surface area contributed by atoms with Crippen molar-refractivity contribution >= 4 is 27.3 Å². The third-order valence-electron chi connectivity index (χ3n) is 5.88. The molecule has 10 nitrogen and oxygen atoms in total. The number of piperazine rings is 1. The minimum atomic E-state index is -3.82. The second kappa shape index (κ2) is 8.75. The summed E-state index contributed by atoms with van der Waals surface area (Å²) in [5, 5.41) is 19.8. The average molecular weight is 447 g/mol. The number of nitro groups is 1. The number of sulfonamides is 1. The predicted octanol–water partition coefficient (Wildman–Crippen LogP) is 2.19. The molecule has 0 aliphatic carbocycles. The van der Waals surface area contributed by atoms with Crippen LogP contribution in [0.3, 0.4) is 0 Å². The first-order chi connectivity index (χ1) is 14.9. The highest BCUT2D eigenvalue weighted by Gasteiger charge is 2.31. The molecule has 2 aliphatic rings. The number of rotatable bonds is 5. The first kappa shape index (κ1) is 21.4. The van der Waals surface area contributed by atoms with E-state index in [1.165, 1.54) is 35.7 Å². The lowest BCUT2D eigenvalue weighted by atomic mass is 10.1. The van der Waals surface area contributed by atoms with Crippen LogP contribution in [-0.4, -0.2) is 67.1 Å².